The Balaban J connectivity index is 1.26. The monoisotopic (exact) mass is 594 g/mol. The van der Waals surface area contributed by atoms with Crippen molar-refractivity contribution in [3.05, 3.63) is 64.9 Å². The van der Waals surface area contributed by atoms with E-state index in [-0.39, 0.29) is 5.75 Å². The average molecular weight is 595 g/mol. The molecule has 6 heterocycles. The van der Waals surface area contributed by atoms with Crippen molar-refractivity contribution in [1.82, 2.24) is 14.8 Å². The number of fused-ring (bicyclic) bond motifs is 3. The van der Waals surface area contributed by atoms with Crippen LogP contribution in [-0.2, 0) is 12.8 Å². The van der Waals surface area contributed by atoms with Crippen LogP contribution in [-0.4, -0.2) is 65.2 Å². The molecule has 6 atom stereocenters. The van der Waals surface area contributed by atoms with E-state index in [2.05, 4.69) is 46.2 Å². The summed E-state index contributed by atoms with van der Waals surface area (Å²) in [5.41, 5.74) is 12.6. The van der Waals surface area contributed by atoms with Crippen LogP contribution in [0.2, 0.25) is 0 Å². The second-order valence-electron chi connectivity index (χ2n) is 14.5. The van der Waals surface area contributed by atoms with Gasteiger partial charge in [0.1, 0.15) is 11.3 Å². The molecule has 1 spiro atoms. The van der Waals surface area contributed by atoms with Crippen LogP contribution in [0.15, 0.2) is 48.1 Å². The normalized spacial score (nSPS) is 32.9. The summed E-state index contributed by atoms with van der Waals surface area (Å²) in [6, 6.07) is 6.40. The highest BCUT2D eigenvalue weighted by atomic mass is 16.3. The van der Waals surface area contributed by atoms with Crippen molar-refractivity contribution in [2.45, 2.75) is 95.9 Å². The number of nitrogens with two attached hydrogens (primary N) is 1. The number of nitrogens with zero attached hydrogens (tertiary/aromatic N) is 3. The number of benzene rings is 1. The minimum Gasteiger partial charge on any atom is -0.506 e. The van der Waals surface area contributed by atoms with Gasteiger partial charge in [-0.3, -0.25) is 4.90 Å². The van der Waals surface area contributed by atoms with Crippen molar-refractivity contribution in [2.75, 3.05) is 39.3 Å². The number of allylic oxidation sites excluding steroid dienone is 3. The molecular formula is C39H54N4O. The van der Waals surface area contributed by atoms with E-state index in [0.717, 1.165) is 48.2 Å². The summed E-state index contributed by atoms with van der Waals surface area (Å²) in [5.74, 6) is 1.79. The van der Waals surface area contributed by atoms with E-state index in [1.54, 1.807) is 11.6 Å². The lowest BCUT2D eigenvalue weighted by molar-refractivity contribution is -0.110. The van der Waals surface area contributed by atoms with Crippen molar-refractivity contribution in [1.29, 1.82) is 0 Å². The fourth-order valence-electron chi connectivity index (χ4n) is 9.99. The SMILES string of the molecule is NCCc1c2c(nc3c(O)cccc13)CCCCN1CC3C=C4CCC=CCCCCCCN5CCC3C(CCC=C2)(C5)C41. The van der Waals surface area contributed by atoms with E-state index in [0.29, 0.717) is 23.9 Å². The van der Waals surface area contributed by atoms with E-state index in [9.17, 15) is 5.11 Å². The number of phenolic OH excluding ortho intramolecular Hbond substituents is 1. The van der Waals surface area contributed by atoms with Gasteiger partial charge in [-0.25, -0.2) is 4.98 Å². The van der Waals surface area contributed by atoms with Gasteiger partial charge in [0.25, 0.3) is 0 Å². The van der Waals surface area contributed by atoms with Gasteiger partial charge in [-0.2, -0.15) is 0 Å². The summed E-state index contributed by atoms with van der Waals surface area (Å²) < 4.78 is 0. The Morgan fingerprint density at radius 1 is 0.932 bits per heavy atom. The maximum Gasteiger partial charge on any atom is 0.141 e. The molecule has 0 saturated carbocycles. The summed E-state index contributed by atoms with van der Waals surface area (Å²) >= 11 is 0. The topological polar surface area (TPSA) is 65.6 Å². The Kier molecular flexibility index (Phi) is 9.26. The van der Waals surface area contributed by atoms with Gasteiger partial charge in [0, 0.05) is 35.6 Å². The molecule has 0 amide bonds. The first-order valence-electron chi connectivity index (χ1n) is 18.0. The fraction of sp³-hybridized carbons (Fsp3) is 0.615. The Morgan fingerprint density at radius 3 is 2.75 bits per heavy atom. The first-order valence-corrected chi connectivity index (χ1v) is 18.0. The molecule has 6 bridgehead atoms. The van der Waals surface area contributed by atoms with Gasteiger partial charge < -0.3 is 15.7 Å². The van der Waals surface area contributed by atoms with Crippen LogP contribution in [0.3, 0.4) is 0 Å². The molecule has 5 nitrogen and oxygen atoms in total. The highest BCUT2D eigenvalue weighted by Crippen LogP contribution is 2.57. The number of aryl methyl sites for hydroxylation is 1. The lowest BCUT2D eigenvalue weighted by atomic mass is 9.52. The van der Waals surface area contributed by atoms with Crippen LogP contribution in [0.5, 0.6) is 5.75 Å². The van der Waals surface area contributed by atoms with Crippen LogP contribution >= 0.6 is 0 Å². The second kappa shape index (κ2) is 13.5. The van der Waals surface area contributed by atoms with Crippen molar-refractivity contribution in [3.63, 3.8) is 0 Å². The van der Waals surface area contributed by atoms with Gasteiger partial charge >= 0.3 is 0 Å². The van der Waals surface area contributed by atoms with Crippen LogP contribution in [0.1, 0.15) is 93.9 Å². The van der Waals surface area contributed by atoms with Crippen molar-refractivity contribution < 1.29 is 5.11 Å². The highest BCUT2D eigenvalue weighted by Gasteiger charge is 2.58. The zero-order valence-electron chi connectivity index (χ0n) is 26.9. The fourth-order valence-corrected chi connectivity index (χ4v) is 9.99. The van der Waals surface area contributed by atoms with Crippen LogP contribution in [0, 0.1) is 17.3 Å². The molecule has 2 aromatic rings. The third-order valence-electron chi connectivity index (χ3n) is 11.8. The molecule has 1 aliphatic carbocycles. The molecule has 2 fully saturated rings. The largest absolute Gasteiger partial charge is 0.506 e. The minimum absolute atomic E-state index is 0.276. The standard InChI is InChI=1S/C39H54N4O/c40-22-19-31-32-15-8-10-21-39-28-42-23-11-6-4-2-1-3-5-7-14-29-26-30(34(39)20-25-42)27-43(38(29)39)24-12-9-17-35(32)41-37-33(31)16-13-18-36(37)44/h3,5,8,13,15-16,18,26,30,34,38,44H,1-2,4,6-7,9-12,14,17,19-25,27-28,40H2. The predicted molar refractivity (Wildman–Crippen MR) is 183 cm³/mol. The molecule has 2 saturated heterocycles. The molecule has 5 aliphatic heterocycles. The molecule has 8 rings (SSSR count). The zero-order chi connectivity index (χ0) is 29.9. The van der Waals surface area contributed by atoms with Crippen LogP contribution in [0.25, 0.3) is 17.0 Å². The molecule has 6 aliphatic rings. The molecule has 3 N–H and O–H groups in total. The smallest absolute Gasteiger partial charge is 0.141 e. The molecule has 44 heavy (non-hydrogen) atoms. The number of para-hydroxylation sites is 1. The van der Waals surface area contributed by atoms with Crippen molar-refractivity contribution in [2.24, 2.45) is 23.0 Å². The Bertz CT molecular complexity index is 1410. The number of pyridine rings is 1. The molecule has 6 unspecified atom stereocenters. The molecule has 236 valence electrons. The average Bonchev–Trinajstić information content (AvgIpc) is 3.03. The van der Waals surface area contributed by atoms with E-state index in [1.165, 1.54) is 108 Å². The number of aromatic hydroxyl groups is 1. The zero-order valence-corrected chi connectivity index (χ0v) is 26.9. The number of hydrogen-bond acceptors (Lipinski definition) is 5. The number of piperidine rings is 2. The Morgan fingerprint density at radius 2 is 1.82 bits per heavy atom. The molecule has 0 radical (unpaired) electrons. The van der Waals surface area contributed by atoms with E-state index in [1.807, 2.05) is 6.07 Å². The maximum absolute atomic E-state index is 10.7. The summed E-state index contributed by atoms with van der Waals surface area (Å²) in [6.45, 7) is 6.87. The summed E-state index contributed by atoms with van der Waals surface area (Å²) in [6.07, 6.45) is 29.5. The first-order chi connectivity index (χ1) is 21.7. The van der Waals surface area contributed by atoms with E-state index in [4.69, 9.17) is 10.7 Å². The minimum atomic E-state index is 0.276. The Hall–Kier alpha value is -2.47. The summed E-state index contributed by atoms with van der Waals surface area (Å²) in [5, 5.41) is 11.8. The number of phenols is 1. The van der Waals surface area contributed by atoms with Crippen LogP contribution < -0.4 is 5.73 Å². The molecule has 1 aromatic carbocycles. The van der Waals surface area contributed by atoms with Gasteiger partial charge in [-0.05, 0) is 132 Å². The van der Waals surface area contributed by atoms with Crippen molar-refractivity contribution in [3.8, 4) is 5.75 Å². The quantitative estimate of drug-likeness (QED) is 0.354. The number of hydrogen-bond donors (Lipinski definition) is 2. The first kappa shape index (κ1) is 30.2. The van der Waals surface area contributed by atoms with Gasteiger partial charge in [0.2, 0.25) is 0 Å². The van der Waals surface area contributed by atoms with E-state index < -0.39 is 0 Å². The summed E-state index contributed by atoms with van der Waals surface area (Å²) in [4.78, 5) is 10.9. The third kappa shape index (κ3) is 5.81. The van der Waals surface area contributed by atoms with E-state index >= 15 is 0 Å². The Labute approximate surface area is 265 Å². The highest BCUT2D eigenvalue weighted by molar-refractivity contribution is 5.90. The molecule has 1 aromatic heterocycles. The maximum atomic E-state index is 10.7. The molecular weight excluding hydrogens is 540 g/mol. The lowest BCUT2D eigenvalue weighted by Crippen LogP contribution is -2.68. The predicted octanol–water partition coefficient (Wildman–Crippen LogP) is 7.42. The lowest BCUT2D eigenvalue weighted by Gasteiger charge is -2.64. The van der Waals surface area contributed by atoms with Crippen molar-refractivity contribution >= 4 is 17.0 Å². The van der Waals surface area contributed by atoms with Gasteiger partial charge in [0.05, 0.1) is 0 Å². The number of rotatable bonds is 2. The summed E-state index contributed by atoms with van der Waals surface area (Å²) in [7, 11) is 0. The van der Waals surface area contributed by atoms with Crippen LogP contribution in [0.4, 0.5) is 0 Å². The number of aromatic nitrogens is 1. The van der Waals surface area contributed by atoms with Gasteiger partial charge in [-0.1, -0.05) is 60.9 Å². The third-order valence-corrected chi connectivity index (χ3v) is 11.8. The van der Waals surface area contributed by atoms with Gasteiger partial charge in [0.15, 0.2) is 0 Å². The second-order valence-corrected chi connectivity index (χ2v) is 14.5. The molecule has 5 heteroatoms. The van der Waals surface area contributed by atoms with Gasteiger partial charge in [-0.15, -0.1) is 0 Å².